The van der Waals surface area contributed by atoms with Gasteiger partial charge in [0.15, 0.2) is 0 Å². The Balaban J connectivity index is 1.41. The second-order valence-corrected chi connectivity index (χ2v) is 6.74. The van der Waals surface area contributed by atoms with Crippen LogP contribution in [0.4, 0.5) is 13.2 Å². The summed E-state index contributed by atoms with van der Waals surface area (Å²) >= 11 is 0. The molecule has 0 bridgehead atoms. The summed E-state index contributed by atoms with van der Waals surface area (Å²) in [6.45, 7) is 1.76. The van der Waals surface area contributed by atoms with Crippen molar-refractivity contribution in [3.8, 4) is 0 Å². The molecule has 1 aromatic carbocycles. The highest BCUT2D eigenvalue weighted by Gasteiger charge is 2.31. The van der Waals surface area contributed by atoms with Crippen LogP contribution < -0.4 is 0 Å². The molecule has 2 aromatic rings. The molecule has 2 heterocycles. The first-order chi connectivity index (χ1) is 11.9. The van der Waals surface area contributed by atoms with E-state index in [1.165, 1.54) is 25.0 Å². The number of rotatable bonds is 3. The molecule has 0 spiro atoms. The molecule has 2 aliphatic rings. The van der Waals surface area contributed by atoms with Crippen LogP contribution in [0.25, 0.3) is 0 Å². The van der Waals surface area contributed by atoms with Crippen LogP contribution in [0.3, 0.4) is 0 Å². The molecule has 25 heavy (non-hydrogen) atoms. The average Bonchev–Trinajstić information content (AvgIpc) is 3.33. The van der Waals surface area contributed by atoms with Crippen molar-refractivity contribution in [1.82, 2.24) is 14.7 Å². The van der Waals surface area contributed by atoms with E-state index in [2.05, 4.69) is 11.2 Å². The van der Waals surface area contributed by atoms with Crippen LogP contribution in [0.2, 0.25) is 0 Å². The quantitative estimate of drug-likeness (QED) is 0.852. The van der Waals surface area contributed by atoms with Crippen LogP contribution in [-0.4, -0.2) is 27.1 Å². The number of amides is 1. The molecule has 0 radical (unpaired) electrons. The Morgan fingerprint density at radius 2 is 1.88 bits per heavy atom. The van der Waals surface area contributed by atoms with Gasteiger partial charge < -0.3 is 4.90 Å². The molecule has 0 unspecified atom stereocenters. The standard InChI is InChI=1S/C18H18F3N3O/c19-18(20,21)14-5-1-12(2-6-14)9-17(25)23-7-8-24-15(11-23)10-16(22-24)13-3-4-13/h1-2,5-6,10,13H,3-4,7-9,11H2. The summed E-state index contributed by atoms with van der Waals surface area (Å²) in [5.74, 6) is 0.509. The first-order valence-corrected chi connectivity index (χ1v) is 8.41. The van der Waals surface area contributed by atoms with Gasteiger partial charge in [-0.15, -0.1) is 0 Å². The predicted octanol–water partition coefficient (Wildman–Crippen LogP) is 3.36. The van der Waals surface area contributed by atoms with E-state index in [0.29, 0.717) is 31.1 Å². The molecule has 1 aromatic heterocycles. The van der Waals surface area contributed by atoms with Crippen LogP contribution in [0.1, 0.15) is 41.3 Å². The Kier molecular flexibility index (Phi) is 3.81. The fourth-order valence-corrected chi connectivity index (χ4v) is 3.18. The maximum Gasteiger partial charge on any atom is 0.416 e. The minimum Gasteiger partial charge on any atom is -0.335 e. The zero-order chi connectivity index (χ0) is 17.6. The minimum atomic E-state index is -4.35. The molecule has 4 rings (SSSR count). The van der Waals surface area contributed by atoms with Crippen LogP contribution in [0, 0.1) is 0 Å². The summed E-state index contributed by atoms with van der Waals surface area (Å²) in [4.78, 5) is 14.2. The summed E-state index contributed by atoms with van der Waals surface area (Å²) in [5, 5.41) is 4.60. The number of aromatic nitrogens is 2. The third-order valence-electron chi connectivity index (χ3n) is 4.80. The predicted molar refractivity (Wildman–Crippen MR) is 84.8 cm³/mol. The molecule has 1 fully saturated rings. The van der Waals surface area contributed by atoms with Gasteiger partial charge in [0.05, 0.1) is 36.5 Å². The van der Waals surface area contributed by atoms with Gasteiger partial charge in [-0.3, -0.25) is 9.48 Å². The number of carbonyl (C=O) groups excluding carboxylic acids is 1. The number of nitrogens with zero attached hydrogens (tertiary/aromatic N) is 3. The van der Waals surface area contributed by atoms with Gasteiger partial charge in [0.25, 0.3) is 0 Å². The Labute approximate surface area is 143 Å². The number of carbonyl (C=O) groups is 1. The first kappa shape index (κ1) is 16.2. The molecular weight excluding hydrogens is 331 g/mol. The molecule has 0 saturated heterocycles. The van der Waals surface area contributed by atoms with Gasteiger partial charge in [-0.05, 0) is 36.6 Å². The van der Waals surface area contributed by atoms with E-state index in [0.717, 1.165) is 23.5 Å². The Hall–Kier alpha value is -2.31. The lowest BCUT2D eigenvalue weighted by Gasteiger charge is -2.27. The largest absolute Gasteiger partial charge is 0.416 e. The molecular formula is C18H18F3N3O. The van der Waals surface area contributed by atoms with Gasteiger partial charge >= 0.3 is 6.18 Å². The van der Waals surface area contributed by atoms with E-state index in [1.54, 1.807) is 4.90 Å². The third-order valence-corrected chi connectivity index (χ3v) is 4.80. The monoisotopic (exact) mass is 349 g/mol. The summed E-state index contributed by atoms with van der Waals surface area (Å²) in [6, 6.07) is 6.88. The fourth-order valence-electron chi connectivity index (χ4n) is 3.18. The van der Waals surface area contributed by atoms with E-state index < -0.39 is 11.7 Å². The highest BCUT2D eigenvalue weighted by Crippen LogP contribution is 2.39. The lowest BCUT2D eigenvalue weighted by molar-refractivity contribution is -0.137. The number of hydrogen-bond acceptors (Lipinski definition) is 2. The molecule has 0 atom stereocenters. The second kappa shape index (κ2) is 5.89. The van der Waals surface area contributed by atoms with Gasteiger partial charge in [-0.2, -0.15) is 18.3 Å². The van der Waals surface area contributed by atoms with Crippen molar-refractivity contribution in [1.29, 1.82) is 0 Å². The molecule has 1 aliphatic heterocycles. The summed E-state index contributed by atoms with van der Waals surface area (Å²) in [5.41, 5.74) is 2.05. The van der Waals surface area contributed by atoms with Crippen LogP contribution >= 0.6 is 0 Å². The van der Waals surface area contributed by atoms with Gasteiger partial charge in [0.1, 0.15) is 0 Å². The smallest absolute Gasteiger partial charge is 0.335 e. The summed E-state index contributed by atoms with van der Waals surface area (Å²) in [6.07, 6.45) is -1.87. The van der Waals surface area contributed by atoms with Crippen molar-refractivity contribution in [2.45, 2.75) is 44.4 Å². The van der Waals surface area contributed by atoms with E-state index >= 15 is 0 Å². The van der Waals surface area contributed by atoms with Crippen molar-refractivity contribution in [2.24, 2.45) is 0 Å². The molecule has 4 nitrogen and oxygen atoms in total. The molecule has 1 saturated carbocycles. The van der Waals surface area contributed by atoms with E-state index in [9.17, 15) is 18.0 Å². The molecule has 0 N–H and O–H groups in total. The van der Waals surface area contributed by atoms with Crippen molar-refractivity contribution >= 4 is 5.91 Å². The fraction of sp³-hybridized carbons (Fsp3) is 0.444. The lowest BCUT2D eigenvalue weighted by Crippen LogP contribution is -2.39. The molecule has 1 aliphatic carbocycles. The third kappa shape index (κ3) is 3.41. The van der Waals surface area contributed by atoms with Gasteiger partial charge in [-0.1, -0.05) is 12.1 Å². The number of alkyl halides is 3. The van der Waals surface area contributed by atoms with Gasteiger partial charge in [0, 0.05) is 12.5 Å². The van der Waals surface area contributed by atoms with Crippen molar-refractivity contribution in [2.75, 3.05) is 6.54 Å². The van der Waals surface area contributed by atoms with E-state index in [-0.39, 0.29) is 12.3 Å². The van der Waals surface area contributed by atoms with Crippen molar-refractivity contribution < 1.29 is 18.0 Å². The molecule has 7 heteroatoms. The zero-order valence-electron chi connectivity index (χ0n) is 13.6. The number of benzene rings is 1. The van der Waals surface area contributed by atoms with E-state index in [4.69, 9.17) is 0 Å². The zero-order valence-corrected chi connectivity index (χ0v) is 13.6. The maximum absolute atomic E-state index is 12.6. The normalized spacial score (nSPS) is 17.5. The van der Waals surface area contributed by atoms with Crippen LogP contribution in [-0.2, 0) is 30.5 Å². The van der Waals surface area contributed by atoms with Gasteiger partial charge in [0.2, 0.25) is 5.91 Å². The van der Waals surface area contributed by atoms with Crippen molar-refractivity contribution in [3.63, 3.8) is 0 Å². The topological polar surface area (TPSA) is 38.1 Å². The summed E-state index contributed by atoms with van der Waals surface area (Å²) < 4.78 is 39.7. The SMILES string of the molecule is O=C(Cc1ccc(C(F)(F)F)cc1)N1CCn2nc(C3CC3)cc2C1. The number of fused-ring (bicyclic) bond motifs is 1. The number of hydrogen-bond donors (Lipinski definition) is 0. The van der Waals surface area contributed by atoms with Crippen molar-refractivity contribution in [3.05, 3.63) is 52.8 Å². The van der Waals surface area contributed by atoms with Crippen LogP contribution in [0.5, 0.6) is 0 Å². The first-order valence-electron chi connectivity index (χ1n) is 8.41. The Morgan fingerprint density at radius 1 is 1.16 bits per heavy atom. The Morgan fingerprint density at radius 3 is 2.52 bits per heavy atom. The highest BCUT2D eigenvalue weighted by atomic mass is 19.4. The lowest BCUT2D eigenvalue weighted by atomic mass is 10.1. The minimum absolute atomic E-state index is 0.0693. The van der Waals surface area contributed by atoms with Crippen LogP contribution in [0.15, 0.2) is 30.3 Å². The molecule has 132 valence electrons. The highest BCUT2D eigenvalue weighted by molar-refractivity contribution is 5.78. The second-order valence-electron chi connectivity index (χ2n) is 6.74. The summed E-state index contributed by atoms with van der Waals surface area (Å²) in [7, 11) is 0. The maximum atomic E-state index is 12.6. The molecule has 1 amide bonds. The number of halogens is 3. The Bertz CT molecular complexity index is 791. The van der Waals surface area contributed by atoms with Gasteiger partial charge in [-0.25, -0.2) is 0 Å². The van der Waals surface area contributed by atoms with E-state index in [1.807, 2.05) is 4.68 Å². The average molecular weight is 349 g/mol.